The van der Waals surface area contributed by atoms with Gasteiger partial charge in [-0.2, -0.15) is 0 Å². The quantitative estimate of drug-likeness (QED) is 0.901. The lowest BCUT2D eigenvalue weighted by molar-refractivity contribution is 0.584. The molecule has 0 radical (unpaired) electrons. The molecule has 0 saturated heterocycles. The van der Waals surface area contributed by atoms with Crippen molar-refractivity contribution in [1.82, 2.24) is 4.98 Å². The Hall–Kier alpha value is -1.49. The molecule has 0 aliphatic rings. The van der Waals surface area contributed by atoms with E-state index >= 15 is 0 Å². The summed E-state index contributed by atoms with van der Waals surface area (Å²) in [6.07, 6.45) is 2.69. The third kappa shape index (κ3) is 3.23. The molecular weight excluding hydrogens is 242 g/mol. The van der Waals surface area contributed by atoms with E-state index in [4.69, 9.17) is 0 Å². The molecule has 5 heteroatoms. The van der Waals surface area contributed by atoms with E-state index in [-0.39, 0.29) is 0 Å². The topological polar surface area (TPSA) is 24.9 Å². The Morgan fingerprint density at radius 1 is 1.24 bits per heavy atom. The SMILES string of the molecule is CCc1ncc(CNc2cc(F)cc(F)c2)s1. The monoisotopic (exact) mass is 254 g/mol. The third-order valence-corrected chi connectivity index (χ3v) is 3.37. The first-order valence-corrected chi connectivity index (χ1v) is 6.12. The lowest BCUT2D eigenvalue weighted by Crippen LogP contribution is -1.98. The number of benzene rings is 1. The van der Waals surface area contributed by atoms with E-state index in [1.165, 1.54) is 12.1 Å². The van der Waals surface area contributed by atoms with Crippen LogP contribution in [0.4, 0.5) is 14.5 Å². The van der Waals surface area contributed by atoms with Gasteiger partial charge >= 0.3 is 0 Å². The van der Waals surface area contributed by atoms with Crippen LogP contribution in [0.5, 0.6) is 0 Å². The van der Waals surface area contributed by atoms with Gasteiger partial charge in [0, 0.05) is 22.8 Å². The van der Waals surface area contributed by atoms with Gasteiger partial charge in [-0.3, -0.25) is 0 Å². The number of rotatable bonds is 4. The van der Waals surface area contributed by atoms with Crippen molar-refractivity contribution in [2.24, 2.45) is 0 Å². The third-order valence-electron chi connectivity index (χ3n) is 2.23. The number of halogens is 2. The first-order chi connectivity index (χ1) is 8.17. The van der Waals surface area contributed by atoms with Crippen LogP contribution in [0.15, 0.2) is 24.4 Å². The maximum atomic E-state index is 12.9. The fraction of sp³-hybridized carbons (Fsp3) is 0.250. The molecule has 0 spiro atoms. The Kier molecular flexibility index (Phi) is 3.68. The minimum absolute atomic E-state index is 0.439. The van der Waals surface area contributed by atoms with Crippen LogP contribution in [0.1, 0.15) is 16.8 Å². The van der Waals surface area contributed by atoms with Gasteiger partial charge in [0.05, 0.1) is 11.6 Å². The average Bonchev–Trinajstić information content (AvgIpc) is 2.73. The molecule has 0 fully saturated rings. The maximum Gasteiger partial charge on any atom is 0.128 e. The van der Waals surface area contributed by atoms with Gasteiger partial charge in [0.2, 0.25) is 0 Å². The number of nitrogens with one attached hydrogen (secondary N) is 1. The Bertz CT molecular complexity index is 491. The standard InChI is InChI=1S/C12H12F2N2S/c1-2-12-16-7-11(17-12)6-15-10-4-8(13)3-9(14)5-10/h3-5,7,15H,2,6H2,1H3. The average molecular weight is 254 g/mol. The summed E-state index contributed by atoms with van der Waals surface area (Å²) in [6, 6.07) is 3.39. The summed E-state index contributed by atoms with van der Waals surface area (Å²) in [6.45, 7) is 2.57. The highest BCUT2D eigenvalue weighted by molar-refractivity contribution is 7.11. The molecule has 0 bridgehead atoms. The Labute approximate surface area is 102 Å². The molecular formula is C12H12F2N2S. The fourth-order valence-corrected chi connectivity index (χ4v) is 2.24. The Morgan fingerprint density at radius 3 is 2.53 bits per heavy atom. The predicted octanol–water partition coefficient (Wildman–Crippen LogP) is 3.60. The summed E-state index contributed by atoms with van der Waals surface area (Å²) in [4.78, 5) is 5.26. The zero-order valence-electron chi connectivity index (χ0n) is 9.34. The first-order valence-electron chi connectivity index (χ1n) is 5.31. The number of aromatic nitrogens is 1. The molecule has 1 aromatic heterocycles. The maximum absolute atomic E-state index is 12.9. The second kappa shape index (κ2) is 5.23. The number of aryl methyl sites for hydroxylation is 1. The summed E-state index contributed by atoms with van der Waals surface area (Å²) in [7, 11) is 0. The van der Waals surface area contributed by atoms with Gasteiger partial charge in [-0.1, -0.05) is 6.92 Å². The van der Waals surface area contributed by atoms with Gasteiger partial charge in [-0.15, -0.1) is 11.3 Å². The normalized spacial score (nSPS) is 10.5. The highest BCUT2D eigenvalue weighted by Gasteiger charge is 2.02. The molecule has 1 heterocycles. The highest BCUT2D eigenvalue weighted by Crippen LogP contribution is 2.17. The van der Waals surface area contributed by atoms with E-state index in [0.717, 1.165) is 22.4 Å². The Morgan fingerprint density at radius 2 is 1.94 bits per heavy atom. The molecule has 2 aromatic rings. The van der Waals surface area contributed by atoms with E-state index < -0.39 is 11.6 Å². The zero-order chi connectivity index (χ0) is 12.3. The van der Waals surface area contributed by atoms with Crippen molar-refractivity contribution in [2.45, 2.75) is 19.9 Å². The predicted molar refractivity (Wildman–Crippen MR) is 65.2 cm³/mol. The van der Waals surface area contributed by atoms with Crippen LogP contribution in [-0.4, -0.2) is 4.98 Å². The number of nitrogens with zero attached hydrogens (tertiary/aromatic N) is 1. The van der Waals surface area contributed by atoms with Crippen LogP contribution >= 0.6 is 11.3 Å². The molecule has 90 valence electrons. The molecule has 0 atom stereocenters. The summed E-state index contributed by atoms with van der Waals surface area (Å²) in [5, 5.41) is 4.03. The molecule has 2 rings (SSSR count). The van der Waals surface area contributed by atoms with Crippen molar-refractivity contribution < 1.29 is 8.78 Å². The van der Waals surface area contributed by atoms with Gasteiger partial charge < -0.3 is 5.32 Å². The fourth-order valence-electron chi connectivity index (χ4n) is 1.44. The highest BCUT2D eigenvalue weighted by atomic mass is 32.1. The van der Waals surface area contributed by atoms with Crippen molar-refractivity contribution in [3.05, 3.63) is 45.9 Å². The van der Waals surface area contributed by atoms with E-state index in [9.17, 15) is 8.78 Å². The molecule has 17 heavy (non-hydrogen) atoms. The summed E-state index contributed by atoms with van der Waals surface area (Å²) in [5.74, 6) is -1.16. The molecule has 0 aliphatic heterocycles. The molecule has 0 amide bonds. The van der Waals surface area contributed by atoms with Crippen molar-refractivity contribution in [2.75, 3.05) is 5.32 Å². The van der Waals surface area contributed by atoms with Crippen LogP contribution in [0.2, 0.25) is 0 Å². The molecule has 2 nitrogen and oxygen atoms in total. The molecule has 0 saturated carbocycles. The molecule has 0 unspecified atom stereocenters. The second-order valence-electron chi connectivity index (χ2n) is 3.59. The van der Waals surface area contributed by atoms with E-state index in [0.29, 0.717) is 12.2 Å². The van der Waals surface area contributed by atoms with Gasteiger partial charge in [0.25, 0.3) is 0 Å². The molecule has 1 aromatic carbocycles. The summed E-state index contributed by atoms with van der Waals surface area (Å²) >= 11 is 1.60. The van der Waals surface area contributed by atoms with Crippen LogP contribution in [-0.2, 0) is 13.0 Å². The van der Waals surface area contributed by atoms with E-state index in [2.05, 4.69) is 10.3 Å². The number of hydrogen-bond donors (Lipinski definition) is 1. The lowest BCUT2D eigenvalue weighted by Gasteiger charge is -2.04. The molecule has 1 N–H and O–H groups in total. The van der Waals surface area contributed by atoms with Gasteiger partial charge in [0.1, 0.15) is 11.6 Å². The van der Waals surface area contributed by atoms with Crippen molar-refractivity contribution in [3.8, 4) is 0 Å². The smallest absolute Gasteiger partial charge is 0.128 e. The second-order valence-corrected chi connectivity index (χ2v) is 4.79. The van der Waals surface area contributed by atoms with Crippen LogP contribution in [0.25, 0.3) is 0 Å². The Balaban J connectivity index is 2.01. The van der Waals surface area contributed by atoms with Gasteiger partial charge in [0.15, 0.2) is 0 Å². The van der Waals surface area contributed by atoms with Crippen molar-refractivity contribution in [1.29, 1.82) is 0 Å². The largest absolute Gasteiger partial charge is 0.380 e. The van der Waals surface area contributed by atoms with E-state index in [1.807, 2.05) is 6.92 Å². The first kappa shape index (κ1) is 12.0. The van der Waals surface area contributed by atoms with Gasteiger partial charge in [-0.25, -0.2) is 13.8 Å². The number of anilines is 1. The zero-order valence-corrected chi connectivity index (χ0v) is 10.2. The summed E-state index contributed by atoms with van der Waals surface area (Å²) in [5.41, 5.74) is 0.439. The minimum atomic E-state index is -0.578. The van der Waals surface area contributed by atoms with Gasteiger partial charge in [-0.05, 0) is 18.6 Å². The summed E-state index contributed by atoms with van der Waals surface area (Å²) < 4.78 is 25.8. The minimum Gasteiger partial charge on any atom is -0.380 e. The molecule has 0 aliphatic carbocycles. The van der Waals surface area contributed by atoms with E-state index in [1.54, 1.807) is 17.5 Å². The number of thiazole rings is 1. The van der Waals surface area contributed by atoms with Crippen LogP contribution in [0.3, 0.4) is 0 Å². The van der Waals surface area contributed by atoms with Crippen LogP contribution < -0.4 is 5.32 Å². The van der Waals surface area contributed by atoms with Crippen LogP contribution in [0, 0.1) is 11.6 Å². The number of hydrogen-bond acceptors (Lipinski definition) is 3. The van der Waals surface area contributed by atoms with Crippen molar-refractivity contribution >= 4 is 17.0 Å². The van der Waals surface area contributed by atoms with Crippen molar-refractivity contribution in [3.63, 3.8) is 0 Å². The lowest BCUT2D eigenvalue weighted by atomic mass is 10.3.